The lowest BCUT2D eigenvalue weighted by Crippen LogP contribution is -2.51. The molecular weight excluding hydrogens is 258 g/mol. The zero-order chi connectivity index (χ0) is 14.5. The van der Waals surface area contributed by atoms with E-state index in [-0.39, 0.29) is 17.9 Å². The number of rotatable bonds is 2. The summed E-state index contributed by atoms with van der Waals surface area (Å²) in [6, 6.07) is -0.606. The average molecular weight is 283 g/mol. The van der Waals surface area contributed by atoms with Crippen LogP contribution < -0.4 is 11.1 Å². The van der Waals surface area contributed by atoms with Crippen molar-refractivity contribution in [1.29, 1.82) is 0 Å². The molecule has 2 rings (SSSR count). The number of carbonyl (C=O) groups is 2. The van der Waals surface area contributed by atoms with E-state index in [2.05, 4.69) is 5.32 Å². The zero-order valence-electron chi connectivity index (χ0n) is 11.9. The molecule has 6 nitrogen and oxygen atoms in total. The van der Waals surface area contributed by atoms with E-state index in [0.717, 1.165) is 44.9 Å². The van der Waals surface area contributed by atoms with E-state index in [1.165, 1.54) is 4.90 Å². The van der Waals surface area contributed by atoms with Crippen LogP contribution >= 0.6 is 0 Å². The summed E-state index contributed by atoms with van der Waals surface area (Å²) in [6.07, 6.45) is 5.89. The molecule has 0 radical (unpaired) electrons. The van der Waals surface area contributed by atoms with Gasteiger partial charge in [0.2, 0.25) is 5.91 Å². The summed E-state index contributed by atoms with van der Waals surface area (Å²) in [6.45, 7) is 1.02. The molecule has 3 atom stereocenters. The second-order valence-corrected chi connectivity index (χ2v) is 5.94. The number of nitrogens with one attached hydrogen (secondary N) is 1. The van der Waals surface area contributed by atoms with Gasteiger partial charge >= 0.3 is 6.03 Å². The van der Waals surface area contributed by atoms with Crippen LogP contribution in [0.1, 0.15) is 44.9 Å². The highest BCUT2D eigenvalue weighted by Crippen LogP contribution is 2.20. The first-order valence-electron chi connectivity index (χ1n) is 7.60. The molecule has 2 aliphatic rings. The first-order valence-corrected chi connectivity index (χ1v) is 7.60. The summed E-state index contributed by atoms with van der Waals surface area (Å²) >= 11 is 0. The Balaban J connectivity index is 1.88. The maximum atomic E-state index is 12.3. The van der Waals surface area contributed by atoms with Crippen LogP contribution in [0.15, 0.2) is 0 Å². The predicted molar refractivity (Wildman–Crippen MR) is 74.9 cm³/mol. The Kier molecular flexibility index (Phi) is 5.23. The molecule has 3 amide bonds. The minimum Gasteiger partial charge on any atom is -0.391 e. The fraction of sp³-hybridized carbons (Fsp3) is 0.857. The second-order valence-electron chi connectivity index (χ2n) is 5.94. The molecule has 1 heterocycles. The van der Waals surface area contributed by atoms with Crippen LogP contribution in [-0.4, -0.2) is 47.2 Å². The molecule has 1 aliphatic carbocycles. The predicted octanol–water partition coefficient (Wildman–Crippen LogP) is 0.587. The van der Waals surface area contributed by atoms with Gasteiger partial charge in [-0.3, -0.25) is 4.79 Å². The number of amides is 3. The molecule has 0 bridgehead atoms. The Morgan fingerprint density at radius 2 is 1.85 bits per heavy atom. The number of carbonyl (C=O) groups excluding carboxylic acids is 2. The van der Waals surface area contributed by atoms with E-state index in [9.17, 15) is 14.7 Å². The lowest BCUT2D eigenvalue weighted by Gasteiger charge is -2.32. The Hall–Kier alpha value is -1.30. The van der Waals surface area contributed by atoms with E-state index >= 15 is 0 Å². The van der Waals surface area contributed by atoms with E-state index < -0.39 is 12.1 Å². The van der Waals surface area contributed by atoms with Crippen LogP contribution in [0.3, 0.4) is 0 Å². The molecule has 3 unspecified atom stereocenters. The normalized spacial score (nSPS) is 31.4. The highest BCUT2D eigenvalue weighted by atomic mass is 16.3. The Labute approximate surface area is 119 Å². The Bertz CT molecular complexity index is 362. The second kappa shape index (κ2) is 6.92. The van der Waals surface area contributed by atoms with Crippen LogP contribution in [0.5, 0.6) is 0 Å². The fourth-order valence-electron chi connectivity index (χ4n) is 3.15. The van der Waals surface area contributed by atoms with Crippen molar-refractivity contribution in [3.63, 3.8) is 0 Å². The van der Waals surface area contributed by atoms with Crippen molar-refractivity contribution < 1.29 is 14.7 Å². The number of urea groups is 1. The number of primary amides is 1. The molecule has 2 fully saturated rings. The summed E-state index contributed by atoms with van der Waals surface area (Å²) in [5.74, 6) is -0.256. The Morgan fingerprint density at radius 1 is 1.10 bits per heavy atom. The average Bonchev–Trinajstić information content (AvgIpc) is 2.64. The van der Waals surface area contributed by atoms with Gasteiger partial charge in [-0.1, -0.05) is 19.3 Å². The number of hydrogen-bond donors (Lipinski definition) is 3. The smallest absolute Gasteiger partial charge is 0.314 e. The maximum absolute atomic E-state index is 12.3. The van der Waals surface area contributed by atoms with Gasteiger partial charge in [0, 0.05) is 13.1 Å². The van der Waals surface area contributed by atoms with Gasteiger partial charge in [0.25, 0.3) is 0 Å². The topological polar surface area (TPSA) is 95.7 Å². The quantitative estimate of drug-likeness (QED) is 0.647. The molecule has 114 valence electrons. The highest BCUT2D eigenvalue weighted by Gasteiger charge is 2.30. The van der Waals surface area contributed by atoms with Gasteiger partial charge in [-0.25, -0.2) is 4.79 Å². The van der Waals surface area contributed by atoms with Crippen LogP contribution in [0.4, 0.5) is 4.79 Å². The SMILES string of the molecule is NC(=O)N1CCCC(C(=O)NC2CCCCCC2O)C1. The van der Waals surface area contributed by atoms with E-state index in [4.69, 9.17) is 5.73 Å². The van der Waals surface area contributed by atoms with E-state index in [1.54, 1.807) is 0 Å². The van der Waals surface area contributed by atoms with Gasteiger partial charge in [-0.15, -0.1) is 0 Å². The third-order valence-electron chi connectivity index (χ3n) is 4.41. The lowest BCUT2D eigenvalue weighted by molar-refractivity contribution is -0.128. The monoisotopic (exact) mass is 283 g/mol. The van der Waals surface area contributed by atoms with Crippen molar-refractivity contribution >= 4 is 11.9 Å². The molecule has 4 N–H and O–H groups in total. The number of piperidine rings is 1. The van der Waals surface area contributed by atoms with Crippen LogP contribution in [0, 0.1) is 5.92 Å². The van der Waals surface area contributed by atoms with Gasteiger partial charge in [-0.05, 0) is 25.7 Å². The van der Waals surface area contributed by atoms with Crippen molar-refractivity contribution in [2.75, 3.05) is 13.1 Å². The molecule has 1 saturated carbocycles. The Morgan fingerprint density at radius 3 is 2.60 bits per heavy atom. The third-order valence-corrected chi connectivity index (χ3v) is 4.41. The molecule has 0 aromatic heterocycles. The third kappa shape index (κ3) is 3.85. The summed E-state index contributed by atoms with van der Waals surface area (Å²) in [4.78, 5) is 25.0. The van der Waals surface area contributed by atoms with Gasteiger partial charge in [0.15, 0.2) is 0 Å². The van der Waals surface area contributed by atoms with Crippen molar-refractivity contribution in [2.45, 2.75) is 57.1 Å². The van der Waals surface area contributed by atoms with Gasteiger partial charge in [0.1, 0.15) is 0 Å². The van der Waals surface area contributed by atoms with E-state index in [1.807, 2.05) is 0 Å². The molecule has 1 saturated heterocycles. The molecule has 0 spiro atoms. The number of aliphatic hydroxyl groups is 1. The molecule has 0 aromatic rings. The number of aliphatic hydroxyl groups excluding tert-OH is 1. The first-order chi connectivity index (χ1) is 9.58. The number of nitrogens with zero attached hydrogens (tertiary/aromatic N) is 1. The van der Waals surface area contributed by atoms with Gasteiger partial charge in [0.05, 0.1) is 18.1 Å². The van der Waals surface area contributed by atoms with Crippen LogP contribution in [0.25, 0.3) is 0 Å². The fourth-order valence-corrected chi connectivity index (χ4v) is 3.15. The standard InChI is InChI=1S/C14H25N3O3/c15-14(20)17-8-4-5-10(9-17)13(19)16-11-6-2-1-3-7-12(11)18/h10-12,18H,1-9H2,(H2,15,20)(H,16,19). The molecule has 1 aliphatic heterocycles. The maximum Gasteiger partial charge on any atom is 0.314 e. The van der Waals surface area contributed by atoms with Crippen molar-refractivity contribution in [2.24, 2.45) is 11.7 Å². The highest BCUT2D eigenvalue weighted by molar-refractivity contribution is 5.80. The summed E-state index contributed by atoms with van der Waals surface area (Å²) < 4.78 is 0. The summed E-state index contributed by atoms with van der Waals surface area (Å²) in [5, 5.41) is 13.0. The van der Waals surface area contributed by atoms with Crippen molar-refractivity contribution in [3.8, 4) is 0 Å². The van der Waals surface area contributed by atoms with Crippen LogP contribution in [-0.2, 0) is 4.79 Å². The minimum absolute atomic E-state index is 0.0538. The summed E-state index contributed by atoms with van der Waals surface area (Å²) in [5.41, 5.74) is 5.27. The van der Waals surface area contributed by atoms with Crippen LogP contribution in [0.2, 0.25) is 0 Å². The lowest BCUT2D eigenvalue weighted by atomic mass is 9.96. The summed E-state index contributed by atoms with van der Waals surface area (Å²) in [7, 11) is 0. The molecule has 6 heteroatoms. The number of likely N-dealkylation sites (tertiary alicyclic amines) is 1. The van der Waals surface area contributed by atoms with E-state index in [0.29, 0.717) is 13.1 Å². The molecule has 0 aromatic carbocycles. The minimum atomic E-state index is -0.461. The first kappa shape index (κ1) is 15.1. The molecule has 20 heavy (non-hydrogen) atoms. The zero-order valence-corrected chi connectivity index (χ0v) is 11.9. The molecular formula is C14H25N3O3. The van der Waals surface area contributed by atoms with Gasteiger partial charge < -0.3 is 21.1 Å². The van der Waals surface area contributed by atoms with Gasteiger partial charge in [-0.2, -0.15) is 0 Å². The number of nitrogens with two attached hydrogens (primary N) is 1. The largest absolute Gasteiger partial charge is 0.391 e. The number of hydrogen-bond acceptors (Lipinski definition) is 3. The van der Waals surface area contributed by atoms with Crippen molar-refractivity contribution in [3.05, 3.63) is 0 Å². The van der Waals surface area contributed by atoms with Crippen molar-refractivity contribution in [1.82, 2.24) is 10.2 Å².